The van der Waals surface area contributed by atoms with Crippen molar-refractivity contribution in [2.45, 2.75) is 0 Å². The summed E-state index contributed by atoms with van der Waals surface area (Å²) in [6.45, 7) is 0. The second-order valence-electron chi connectivity index (χ2n) is 3.02. The molecule has 8 nitrogen and oxygen atoms in total. The van der Waals surface area contributed by atoms with E-state index in [0.29, 0.717) is 11.4 Å². The molecule has 1 aromatic rings. The Bertz CT molecular complexity index is 474. The molecule has 9 heteroatoms. The zero-order valence-corrected chi connectivity index (χ0v) is 10.2. The minimum Gasteiger partial charge on any atom is -0.497 e. The van der Waals surface area contributed by atoms with Crippen LogP contribution in [0.4, 0.5) is 5.69 Å². The van der Waals surface area contributed by atoms with Crippen molar-refractivity contribution in [3.63, 3.8) is 0 Å². The highest BCUT2D eigenvalue weighted by atomic mass is 32.1. The average molecular weight is 269 g/mol. The van der Waals surface area contributed by atoms with Crippen LogP contribution in [0.3, 0.4) is 0 Å². The first-order valence-electron chi connectivity index (χ1n) is 4.71. The molecule has 0 atom stereocenters. The fraction of sp³-hybridized carbons (Fsp3) is 0.111. The number of nitrogens with one attached hydrogen (secondary N) is 2. The molecule has 96 valence electrons. The van der Waals surface area contributed by atoms with Gasteiger partial charge in [0.2, 0.25) is 5.11 Å². The van der Waals surface area contributed by atoms with E-state index in [1.165, 1.54) is 0 Å². The van der Waals surface area contributed by atoms with E-state index in [9.17, 15) is 10.1 Å². The number of methoxy groups -OCH3 is 1. The molecule has 0 aliphatic heterocycles. The maximum atomic E-state index is 10.1. The Balaban J connectivity index is 2.61. The minimum atomic E-state index is -0.825. The van der Waals surface area contributed by atoms with Crippen LogP contribution in [0.5, 0.6) is 5.75 Å². The topological polar surface area (TPSA) is 115 Å². The van der Waals surface area contributed by atoms with Gasteiger partial charge in [-0.2, -0.15) is 4.99 Å². The lowest BCUT2D eigenvalue weighted by Gasteiger charge is -2.05. The number of thiocarbonyl (C=S) groups is 1. The second kappa shape index (κ2) is 6.35. The van der Waals surface area contributed by atoms with Crippen molar-refractivity contribution >= 4 is 29.0 Å². The largest absolute Gasteiger partial charge is 0.497 e. The molecule has 0 aliphatic carbocycles. The van der Waals surface area contributed by atoms with E-state index in [0.717, 1.165) is 0 Å². The lowest BCUT2D eigenvalue weighted by molar-refractivity contribution is -0.525. The van der Waals surface area contributed by atoms with E-state index < -0.39 is 11.0 Å². The monoisotopic (exact) mass is 269 g/mol. The van der Waals surface area contributed by atoms with Gasteiger partial charge >= 0.3 is 0 Å². The number of ether oxygens (including phenoxy) is 1. The number of hydrogen-bond acceptors (Lipinski definition) is 4. The highest BCUT2D eigenvalue weighted by Gasteiger charge is 2.02. The van der Waals surface area contributed by atoms with Crippen molar-refractivity contribution in [2.75, 3.05) is 12.4 Å². The predicted molar refractivity (Wildman–Crippen MR) is 71.0 cm³/mol. The number of guanidine groups is 1. The number of hydrogen-bond donors (Lipinski definition) is 3. The molecule has 18 heavy (non-hydrogen) atoms. The van der Waals surface area contributed by atoms with Crippen molar-refractivity contribution in [2.24, 2.45) is 10.7 Å². The number of benzene rings is 1. The summed E-state index contributed by atoms with van der Waals surface area (Å²) in [6, 6.07) is 6.90. The molecule has 0 radical (unpaired) electrons. The first-order valence-corrected chi connectivity index (χ1v) is 5.12. The molecule has 0 spiro atoms. The van der Waals surface area contributed by atoms with E-state index >= 15 is 0 Å². The number of nitro groups is 1. The quantitative estimate of drug-likeness (QED) is 0.240. The van der Waals surface area contributed by atoms with Gasteiger partial charge in [-0.25, -0.2) is 10.1 Å². The second-order valence-corrected chi connectivity index (χ2v) is 3.41. The van der Waals surface area contributed by atoms with Crippen LogP contribution in [0.25, 0.3) is 0 Å². The van der Waals surface area contributed by atoms with Crippen LogP contribution in [-0.4, -0.2) is 23.2 Å². The van der Waals surface area contributed by atoms with Crippen molar-refractivity contribution < 1.29 is 9.77 Å². The summed E-state index contributed by atoms with van der Waals surface area (Å²) in [5, 5.41) is 12.0. The van der Waals surface area contributed by atoms with E-state index in [2.05, 4.69) is 10.3 Å². The predicted octanol–water partition coefficient (Wildman–Crippen LogP) is 0.488. The van der Waals surface area contributed by atoms with Gasteiger partial charge in [-0.05, 0) is 36.5 Å². The summed E-state index contributed by atoms with van der Waals surface area (Å²) in [4.78, 5) is 13.7. The van der Waals surface area contributed by atoms with Crippen LogP contribution in [0.15, 0.2) is 29.3 Å². The van der Waals surface area contributed by atoms with E-state index in [1.54, 1.807) is 36.8 Å². The number of anilines is 1. The van der Waals surface area contributed by atoms with Gasteiger partial charge in [-0.15, -0.1) is 0 Å². The zero-order valence-electron chi connectivity index (χ0n) is 9.41. The fourth-order valence-corrected chi connectivity index (χ4v) is 1.27. The normalized spacial score (nSPS) is 10.6. The molecule has 0 aliphatic rings. The first-order chi connectivity index (χ1) is 8.51. The number of nitrogens with two attached hydrogens (primary N) is 1. The van der Waals surface area contributed by atoms with Gasteiger partial charge in [0.25, 0.3) is 5.96 Å². The van der Waals surface area contributed by atoms with E-state index in [4.69, 9.17) is 22.7 Å². The third-order valence-electron chi connectivity index (χ3n) is 1.77. The molecule has 0 unspecified atom stereocenters. The van der Waals surface area contributed by atoms with E-state index in [-0.39, 0.29) is 5.11 Å². The van der Waals surface area contributed by atoms with Gasteiger partial charge in [0.1, 0.15) is 5.75 Å². The van der Waals surface area contributed by atoms with Crippen molar-refractivity contribution in [1.82, 2.24) is 5.43 Å². The molecular weight excluding hydrogens is 258 g/mol. The molecule has 0 bridgehead atoms. The van der Waals surface area contributed by atoms with Crippen LogP contribution in [0.1, 0.15) is 0 Å². The Morgan fingerprint density at radius 1 is 1.50 bits per heavy atom. The molecule has 1 aromatic carbocycles. The Morgan fingerprint density at radius 3 is 2.61 bits per heavy atom. The van der Waals surface area contributed by atoms with Gasteiger partial charge in [0.15, 0.2) is 5.03 Å². The molecule has 0 fully saturated rings. The van der Waals surface area contributed by atoms with Gasteiger partial charge in [-0.3, -0.25) is 0 Å². The summed E-state index contributed by atoms with van der Waals surface area (Å²) >= 11 is 4.85. The van der Waals surface area contributed by atoms with Gasteiger partial charge in [-0.1, -0.05) is 5.43 Å². The standard InChI is InChI=1S/C9H11N5O3S/c1-17-7-4-2-6(3-5-7)11-9(18)12-8(10)13-14(15)16/h2-5H,1H3,(H4,10,11,12,13,18). The number of aliphatic imine (C=N–C) groups is 1. The minimum absolute atomic E-state index is 0.00650. The molecular formula is C9H11N5O3S. The lowest BCUT2D eigenvalue weighted by Crippen LogP contribution is -2.37. The van der Waals surface area contributed by atoms with Gasteiger partial charge in [0, 0.05) is 5.69 Å². The third kappa shape index (κ3) is 4.61. The Kier molecular flexibility index (Phi) is 4.81. The number of rotatable bonds is 3. The molecule has 0 aromatic heterocycles. The molecule has 0 amide bonds. The molecule has 0 heterocycles. The SMILES string of the molecule is COc1ccc(NC(=S)/N=C(\N)N[N+](=O)[O-])cc1. The summed E-state index contributed by atoms with van der Waals surface area (Å²) in [7, 11) is 1.56. The van der Waals surface area contributed by atoms with E-state index in [1.807, 2.05) is 0 Å². The average Bonchev–Trinajstić information content (AvgIpc) is 2.28. The van der Waals surface area contributed by atoms with Crippen molar-refractivity contribution in [3.05, 3.63) is 34.4 Å². The molecule has 0 saturated carbocycles. The summed E-state index contributed by atoms with van der Waals surface area (Å²) in [6.07, 6.45) is 0. The fourth-order valence-electron chi connectivity index (χ4n) is 1.05. The molecule has 4 N–H and O–H groups in total. The lowest BCUT2D eigenvalue weighted by atomic mass is 10.3. The molecule has 0 saturated heterocycles. The highest BCUT2D eigenvalue weighted by molar-refractivity contribution is 7.80. The van der Waals surface area contributed by atoms with Crippen LogP contribution in [0, 0.1) is 10.1 Å². The highest BCUT2D eigenvalue weighted by Crippen LogP contribution is 2.14. The molecule has 1 rings (SSSR count). The van der Waals surface area contributed by atoms with Crippen LogP contribution >= 0.6 is 12.2 Å². The summed E-state index contributed by atoms with van der Waals surface area (Å²) in [5.41, 5.74) is 7.57. The smallest absolute Gasteiger partial charge is 0.258 e. The number of nitrogens with zero attached hydrogens (tertiary/aromatic N) is 2. The maximum Gasteiger partial charge on any atom is 0.258 e. The van der Waals surface area contributed by atoms with Crippen molar-refractivity contribution in [1.29, 1.82) is 0 Å². The maximum absolute atomic E-state index is 10.1. The summed E-state index contributed by atoms with van der Waals surface area (Å²) < 4.78 is 4.99. The Labute approximate surface area is 108 Å². The van der Waals surface area contributed by atoms with Crippen LogP contribution < -0.4 is 21.2 Å². The Hall–Kier alpha value is -2.42. The number of hydrazine groups is 1. The van der Waals surface area contributed by atoms with Crippen molar-refractivity contribution in [3.8, 4) is 5.75 Å². The van der Waals surface area contributed by atoms with Crippen LogP contribution in [0.2, 0.25) is 0 Å². The van der Waals surface area contributed by atoms with Crippen LogP contribution in [-0.2, 0) is 0 Å². The van der Waals surface area contributed by atoms with Gasteiger partial charge < -0.3 is 15.8 Å². The zero-order chi connectivity index (χ0) is 13.5. The summed E-state index contributed by atoms with van der Waals surface area (Å²) in [5.74, 6) is 0.301. The first kappa shape index (κ1) is 13.6. The Morgan fingerprint density at radius 2 is 2.11 bits per heavy atom. The van der Waals surface area contributed by atoms with Gasteiger partial charge in [0.05, 0.1) is 7.11 Å². The third-order valence-corrected chi connectivity index (χ3v) is 1.96.